The number of methoxy groups -OCH3 is 1. The molecule has 1 heterocycles. The van der Waals surface area contributed by atoms with Crippen LogP contribution in [0.1, 0.15) is 35.9 Å². The van der Waals surface area contributed by atoms with Crippen molar-refractivity contribution < 1.29 is 14.3 Å². The Morgan fingerprint density at radius 3 is 2.62 bits per heavy atom. The summed E-state index contributed by atoms with van der Waals surface area (Å²) in [5.41, 5.74) is 2.38. The first-order valence-electron chi connectivity index (χ1n) is 8.05. The van der Waals surface area contributed by atoms with Gasteiger partial charge in [0, 0.05) is 5.69 Å². The van der Waals surface area contributed by atoms with Crippen molar-refractivity contribution in [2.24, 2.45) is 5.92 Å². The summed E-state index contributed by atoms with van der Waals surface area (Å²) >= 11 is 0. The molecule has 1 amide bonds. The summed E-state index contributed by atoms with van der Waals surface area (Å²) in [5, 5.41) is 6.30. The van der Waals surface area contributed by atoms with Gasteiger partial charge in [-0.25, -0.2) is 0 Å². The van der Waals surface area contributed by atoms with Gasteiger partial charge in [-0.2, -0.15) is 0 Å². The lowest BCUT2D eigenvalue weighted by molar-refractivity contribution is 0.0935. The first-order valence-corrected chi connectivity index (χ1v) is 8.05. The monoisotopic (exact) mass is 326 g/mol. The Morgan fingerprint density at radius 1 is 1.08 bits per heavy atom. The number of fused-ring (bicyclic) bond motifs is 1. The van der Waals surface area contributed by atoms with E-state index in [1.807, 2.05) is 36.4 Å². The number of rotatable bonds is 5. The molecule has 1 aliphatic heterocycles. The number of benzene rings is 2. The molecule has 0 radical (unpaired) electrons. The second kappa shape index (κ2) is 6.83. The molecule has 0 saturated carbocycles. The molecule has 0 saturated heterocycles. The maximum atomic E-state index is 12.3. The van der Waals surface area contributed by atoms with E-state index in [2.05, 4.69) is 24.5 Å². The summed E-state index contributed by atoms with van der Waals surface area (Å²) in [6.45, 7) is 4.82. The summed E-state index contributed by atoms with van der Waals surface area (Å²) in [7, 11) is 1.61. The zero-order chi connectivity index (χ0) is 17.1. The fourth-order valence-electron chi connectivity index (χ4n) is 2.61. The SMILES string of the molecule is COc1cc(C2NC(=O)c3ccccc3N2)ccc1OCC(C)C. The Hall–Kier alpha value is -2.69. The number of hydrogen-bond donors (Lipinski definition) is 2. The van der Waals surface area contributed by atoms with Crippen LogP contribution in [0.5, 0.6) is 11.5 Å². The van der Waals surface area contributed by atoms with Crippen molar-refractivity contribution in [2.75, 3.05) is 19.0 Å². The number of nitrogens with one attached hydrogen (secondary N) is 2. The van der Waals surface area contributed by atoms with Crippen LogP contribution < -0.4 is 20.1 Å². The summed E-state index contributed by atoms with van der Waals surface area (Å²) in [6, 6.07) is 13.2. The number of amides is 1. The van der Waals surface area contributed by atoms with Crippen molar-refractivity contribution in [2.45, 2.75) is 20.0 Å². The third kappa shape index (κ3) is 3.30. The number of anilines is 1. The van der Waals surface area contributed by atoms with Crippen LogP contribution in [0, 0.1) is 5.92 Å². The molecular weight excluding hydrogens is 304 g/mol. The number of carbonyl (C=O) groups is 1. The molecule has 1 aliphatic rings. The highest BCUT2D eigenvalue weighted by Gasteiger charge is 2.24. The van der Waals surface area contributed by atoms with Gasteiger partial charge >= 0.3 is 0 Å². The standard InChI is InChI=1S/C19H22N2O3/c1-12(2)11-24-16-9-8-13(10-17(16)23-3)18-20-15-7-5-4-6-14(15)19(22)21-18/h4-10,12,18,20H,11H2,1-3H3,(H,21,22). The van der Waals surface area contributed by atoms with E-state index in [0.717, 1.165) is 11.3 Å². The van der Waals surface area contributed by atoms with Gasteiger partial charge < -0.3 is 20.1 Å². The molecule has 0 aliphatic carbocycles. The lowest BCUT2D eigenvalue weighted by Crippen LogP contribution is -2.38. The van der Waals surface area contributed by atoms with Crippen LogP contribution >= 0.6 is 0 Å². The predicted octanol–water partition coefficient (Wildman–Crippen LogP) is 3.58. The molecule has 1 unspecified atom stereocenters. The lowest BCUT2D eigenvalue weighted by Gasteiger charge is -2.28. The Labute approximate surface area is 142 Å². The highest BCUT2D eigenvalue weighted by Crippen LogP contribution is 2.33. The molecule has 0 spiro atoms. The van der Waals surface area contributed by atoms with Crippen molar-refractivity contribution in [3.05, 3.63) is 53.6 Å². The zero-order valence-electron chi connectivity index (χ0n) is 14.1. The van der Waals surface area contributed by atoms with Crippen LogP contribution in [-0.2, 0) is 0 Å². The van der Waals surface area contributed by atoms with Crippen LogP contribution in [0.4, 0.5) is 5.69 Å². The van der Waals surface area contributed by atoms with Crippen LogP contribution in [0.25, 0.3) is 0 Å². The van der Waals surface area contributed by atoms with Gasteiger partial charge in [0.2, 0.25) is 0 Å². The van der Waals surface area contributed by atoms with Gasteiger partial charge in [-0.3, -0.25) is 4.79 Å². The fourth-order valence-corrected chi connectivity index (χ4v) is 2.61. The summed E-state index contributed by atoms with van der Waals surface area (Å²) < 4.78 is 11.2. The van der Waals surface area contributed by atoms with E-state index in [0.29, 0.717) is 29.6 Å². The summed E-state index contributed by atoms with van der Waals surface area (Å²) in [6.07, 6.45) is -0.305. The van der Waals surface area contributed by atoms with Crippen molar-refractivity contribution >= 4 is 11.6 Å². The first kappa shape index (κ1) is 16.2. The van der Waals surface area contributed by atoms with E-state index in [-0.39, 0.29) is 12.1 Å². The third-order valence-electron chi connectivity index (χ3n) is 3.84. The van der Waals surface area contributed by atoms with Gasteiger partial charge in [0.15, 0.2) is 11.5 Å². The van der Waals surface area contributed by atoms with Crippen LogP contribution in [0.3, 0.4) is 0 Å². The molecule has 126 valence electrons. The van der Waals surface area contributed by atoms with Gasteiger partial charge in [0.05, 0.1) is 19.3 Å². The van der Waals surface area contributed by atoms with Crippen molar-refractivity contribution in [3.63, 3.8) is 0 Å². The average Bonchev–Trinajstić information content (AvgIpc) is 2.59. The van der Waals surface area contributed by atoms with Gasteiger partial charge in [-0.05, 0) is 35.7 Å². The minimum absolute atomic E-state index is 0.0894. The zero-order valence-corrected chi connectivity index (χ0v) is 14.1. The highest BCUT2D eigenvalue weighted by molar-refractivity contribution is 6.01. The van der Waals surface area contributed by atoms with E-state index in [1.165, 1.54) is 0 Å². The minimum Gasteiger partial charge on any atom is -0.493 e. The van der Waals surface area contributed by atoms with Gasteiger partial charge in [0.25, 0.3) is 5.91 Å². The Kier molecular flexibility index (Phi) is 4.60. The smallest absolute Gasteiger partial charge is 0.255 e. The van der Waals surface area contributed by atoms with Crippen molar-refractivity contribution in [1.29, 1.82) is 0 Å². The average molecular weight is 326 g/mol. The molecule has 1 atom stereocenters. The van der Waals surface area contributed by atoms with E-state index in [4.69, 9.17) is 9.47 Å². The van der Waals surface area contributed by atoms with Crippen LogP contribution in [-0.4, -0.2) is 19.6 Å². The third-order valence-corrected chi connectivity index (χ3v) is 3.84. The predicted molar refractivity (Wildman–Crippen MR) is 93.6 cm³/mol. The number of hydrogen-bond acceptors (Lipinski definition) is 4. The minimum atomic E-state index is -0.305. The normalized spacial score (nSPS) is 16.2. The lowest BCUT2D eigenvalue weighted by atomic mass is 10.1. The topological polar surface area (TPSA) is 59.6 Å². The number of para-hydroxylation sites is 1. The largest absolute Gasteiger partial charge is 0.493 e. The second-order valence-electron chi connectivity index (χ2n) is 6.21. The van der Waals surface area contributed by atoms with Crippen molar-refractivity contribution in [3.8, 4) is 11.5 Å². The van der Waals surface area contributed by atoms with E-state index >= 15 is 0 Å². The Bertz CT molecular complexity index is 743. The molecular formula is C19H22N2O3. The summed E-state index contributed by atoms with van der Waals surface area (Å²) in [5.74, 6) is 1.71. The molecule has 5 nitrogen and oxygen atoms in total. The Balaban J connectivity index is 1.84. The highest BCUT2D eigenvalue weighted by atomic mass is 16.5. The van der Waals surface area contributed by atoms with E-state index in [9.17, 15) is 4.79 Å². The molecule has 0 aromatic heterocycles. The molecule has 0 fully saturated rings. The molecule has 2 N–H and O–H groups in total. The molecule has 2 aromatic rings. The number of carbonyl (C=O) groups excluding carboxylic acids is 1. The molecule has 5 heteroatoms. The molecule has 3 rings (SSSR count). The fraction of sp³-hybridized carbons (Fsp3) is 0.316. The molecule has 0 bridgehead atoms. The quantitative estimate of drug-likeness (QED) is 0.881. The van der Waals surface area contributed by atoms with Crippen LogP contribution in [0.2, 0.25) is 0 Å². The van der Waals surface area contributed by atoms with Crippen molar-refractivity contribution in [1.82, 2.24) is 5.32 Å². The Morgan fingerprint density at radius 2 is 1.88 bits per heavy atom. The number of ether oxygens (including phenoxy) is 2. The van der Waals surface area contributed by atoms with Gasteiger partial charge in [-0.1, -0.05) is 32.0 Å². The van der Waals surface area contributed by atoms with Gasteiger partial charge in [0.1, 0.15) is 6.17 Å². The maximum absolute atomic E-state index is 12.3. The van der Waals surface area contributed by atoms with E-state index < -0.39 is 0 Å². The molecule has 2 aromatic carbocycles. The van der Waals surface area contributed by atoms with E-state index in [1.54, 1.807) is 13.2 Å². The van der Waals surface area contributed by atoms with Gasteiger partial charge in [-0.15, -0.1) is 0 Å². The maximum Gasteiger partial charge on any atom is 0.255 e. The second-order valence-corrected chi connectivity index (χ2v) is 6.21. The van der Waals surface area contributed by atoms with Crippen LogP contribution in [0.15, 0.2) is 42.5 Å². The first-order chi connectivity index (χ1) is 11.6. The summed E-state index contributed by atoms with van der Waals surface area (Å²) in [4.78, 5) is 12.3. The molecule has 24 heavy (non-hydrogen) atoms.